The Morgan fingerprint density at radius 1 is 1.15 bits per heavy atom. The van der Waals surface area contributed by atoms with Crippen LogP contribution >= 0.6 is 0 Å². The second-order valence-electron chi connectivity index (χ2n) is 7.18. The number of hydrogen-bond donors (Lipinski definition) is 2. The highest BCUT2D eigenvalue weighted by molar-refractivity contribution is 7.89. The lowest BCUT2D eigenvalue weighted by molar-refractivity contribution is -0.122. The lowest BCUT2D eigenvalue weighted by Gasteiger charge is -2.31. The van der Waals surface area contributed by atoms with Crippen LogP contribution in [0, 0.1) is 32.1 Å². The molecule has 0 atom stereocenters. The molecule has 1 aromatic carbocycles. The summed E-state index contributed by atoms with van der Waals surface area (Å²) in [4.78, 5) is 12.4. The third-order valence-corrected chi connectivity index (χ3v) is 6.58. The fourth-order valence-electron chi connectivity index (χ4n) is 3.71. The van der Waals surface area contributed by atoms with Crippen LogP contribution in [0.15, 0.2) is 17.0 Å². The van der Waals surface area contributed by atoms with E-state index in [2.05, 4.69) is 16.1 Å². The third-order valence-electron chi connectivity index (χ3n) is 4.82. The van der Waals surface area contributed by atoms with Gasteiger partial charge in [-0.3, -0.25) is 4.79 Å². The predicted octanol–water partition coefficient (Wildman–Crippen LogP) is 2.62. The Kier molecular flexibility index (Phi) is 6.43. The number of nitriles is 1. The van der Waals surface area contributed by atoms with Gasteiger partial charge in [0.15, 0.2) is 0 Å². The third kappa shape index (κ3) is 4.83. The molecule has 1 aromatic rings. The van der Waals surface area contributed by atoms with Crippen molar-refractivity contribution >= 4 is 15.9 Å². The lowest BCUT2D eigenvalue weighted by atomic mass is 9.83. The number of sulfonamides is 1. The first-order valence-corrected chi connectivity index (χ1v) is 10.5. The van der Waals surface area contributed by atoms with Crippen molar-refractivity contribution in [1.82, 2.24) is 10.0 Å². The summed E-state index contributed by atoms with van der Waals surface area (Å²) in [5.74, 6) is -0.298. The number of amides is 1. The molecular formula is C19H27N3O3S. The van der Waals surface area contributed by atoms with E-state index in [9.17, 15) is 18.5 Å². The minimum absolute atomic E-state index is 0.00241. The lowest BCUT2D eigenvalue weighted by Crippen LogP contribution is -2.49. The van der Waals surface area contributed by atoms with Gasteiger partial charge in [0, 0.05) is 13.0 Å². The standard InChI is InChI=1S/C19H27N3O3S/c1-14-11-15(2)18(16(3)12-14)26(24,25)21-10-7-17(23)22-19(13-20)8-5-4-6-9-19/h11-12,21H,4-10H2,1-3H3,(H,22,23). The number of nitrogens with zero attached hydrogens (tertiary/aromatic N) is 1. The maximum absolute atomic E-state index is 12.6. The maximum atomic E-state index is 12.6. The molecule has 7 heteroatoms. The first kappa shape index (κ1) is 20.4. The Balaban J connectivity index is 1.96. The molecule has 6 nitrogen and oxygen atoms in total. The molecule has 1 aliphatic rings. The molecule has 1 amide bonds. The number of hydrogen-bond acceptors (Lipinski definition) is 4. The molecule has 142 valence electrons. The SMILES string of the molecule is Cc1cc(C)c(S(=O)(=O)NCCC(=O)NC2(C#N)CCCCC2)c(C)c1. The smallest absolute Gasteiger partial charge is 0.241 e. The first-order chi connectivity index (χ1) is 12.2. The second kappa shape index (κ2) is 8.19. The molecule has 1 aliphatic carbocycles. The molecule has 0 radical (unpaired) electrons. The van der Waals surface area contributed by atoms with E-state index in [1.165, 1.54) is 0 Å². The van der Waals surface area contributed by atoms with Gasteiger partial charge in [-0.1, -0.05) is 37.0 Å². The van der Waals surface area contributed by atoms with Gasteiger partial charge in [-0.25, -0.2) is 13.1 Å². The summed E-state index contributed by atoms with van der Waals surface area (Å²) in [6, 6.07) is 5.89. The van der Waals surface area contributed by atoms with E-state index in [0.29, 0.717) is 24.0 Å². The van der Waals surface area contributed by atoms with Crippen molar-refractivity contribution in [3.8, 4) is 6.07 Å². The van der Waals surface area contributed by atoms with Gasteiger partial charge < -0.3 is 5.32 Å². The average molecular weight is 378 g/mol. The average Bonchev–Trinajstić information content (AvgIpc) is 2.54. The molecular weight excluding hydrogens is 350 g/mol. The quantitative estimate of drug-likeness (QED) is 0.796. The molecule has 26 heavy (non-hydrogen) atoms. The highest BCUT2D eigenvalue weighted by Crippen LogP contribution is 2.27. The van der Waals surface area contributed by atoms with Crippen molar-refractivity contribution < 1.29 is 13.2 Å². The fourth-order valence-corrected chi connectivity index (χ4v) is 5.19. The van der Waals surface area contributed by atoms with E-state index in [-0.39, 0.29) is 23.8 Å². The van der Waals surface area contributed by atoms with E-state index in [1.807, 2.05) is 19.1 Å². The predicted molar refractivity (Wildman–Crippen MR) is 100 cm³/mol. The molecule has 0 aliphatic heterocycles. The van der Waals surface area contributed by atoms with Crippen molar-refractivity contribution in [2.75, 3.05) is 6.54 Å². The van der Waals surface area contributed by atoms with Gasteiger partial charge in [0.25, 0.3) is 0 Å². The summed E-state index contributed by atoms with van der Waals surface area (Å²) in [7, 11) is -3.68. The summed E-state index contributed by atoms with van der Waals surface area (Å²) < 4.78 is 27.7. The Labute approximate surface area is 156 Å². The zero-order valence-electron chi connectivity index (χ0n) is 15.7. The monoisotopic (exact) mass is 377 g/mol. The van der Waals surface area contributed by atoms with Crippen molar-refractivity contribution in [2.24, 2.45) is 0 Å². The molecule has 2 N–H and O–H groups in total. The topological polar surface area (TPSA) is 99.1 Å². The normalized spacial score (nSPS) is 16.7. The van der Waals surface area contributed by atoms with E-state index in [1.54, 1.807) is 13.8 Å². The number of aryl methyl sites for hydroxylation is 3. The molecule has 1 fully saturated rings. The molecule has 0 unspecified atom stereocenters. The van der Waals surface area contributed by atoms with Gasteiger partial charge >= 0.3 is 0 Å². The molecule has 2 rings (SSSR count). The summed E-state index contributed by atoms with van der Waals surface area (Å²) >= 11 is 0. The van der Waals surface area contributed by atoms with Crippen molar-refractivity contribution in [3.63, 3.8) is 0 Å². The number of nitrogens with one attached hydrogen (secondary N) is 2. The summed E-state index contributed by atoms with van der Waals surface area (Å²) in [5.41, 5.74) is 1.58. The van der Waals surface area contributed by atoms with Gasteiger partial charge in [0.05, 0.1) is 11.0 Å². The van der Waals surface area contributed by atoms with Crippen LogP contribution in [0.25, 0.3) is 0 Å². The first-order valence-electron chi connectivity index (χ1n) is 8.99. The molecule has 1 saturated carbocycles. The van der Waals surface area contributed by atoms with E-state index in [0.717, 1.165) is 24.8 Å². The highest BCUT2D eigenvalue weighted by atomic mass is 32.2. The van der Waals surface area contributed by atoms with Crippen molar-refractivity contribution in [3.05, 3.63) is 28.8 Å². The van der Waals surface area contributed by atoms with Gasteiger partial charge in [-0.2, -0.15) is 5.26 Å². The number of carbonyl (C=O) groups excluding carboxylic acids is 1. The Morgan fingerprint density at radius 2 is 1.73 bits per heavy atom. The Morgan fingerprint density at radius 3 is 2.27 bits per heavy atom. The molecule has 0 heterocycles. The number of carbonyl (C=O) groups is 1. The van der Waals surface area contributed by atoms with E-state index < -0.39 is 15.6 Å². The molecule has 0 aromatic heterocycles. The van der Waals surface area contributed by atoms with Crippen molar-refractivity contribution in [2.45, 2.75) is 69.7 Å². The minimum atomic E-state index is -3.68. The maximum Gasteiger partial charge on any atom is 0.241 e. The van der Waals surface area contributed by atoms with Crippen LogP contribution in [-0.4, -0.2) is 26.4 Å². The van der Waals surface area contributed by atoms with Crippen LogP contribution in [0.2, 0.25) is 0 Å². The number of benzene rings is 1. The van der Waals surface area contributed by atoms with Gasteiger partial charge in [-0.05, 0) is 44.7 Å². The molecule has 0 saturated heterocycles. The van der Waals surface area contributed by atoms with Crippen LogP contribution < -0.4 is 10.0 Å². The zero-order chi connectivity index (χ0) is 19.4. The van der Waals surface area contributed by atoms with Crippen LogP contribution in [0.3, 0.4) is 0 Å². The summed E-state index contributed by atoms with van der Waals surface area (Å²) in [5, 5.41) is 12.2. The van der Waals surface area contributed by atoms with Crippen LogP contribution in [0.4, 0.5) is 0 Å². The van der Waals surface area contributed by atoms with Crippen LogP contribution in [0.1, 0.15) is 55.2 Å². The summed E-state index contributed by atoms with van der Waals surface area (Å²) in [6.07, 6.45) is 4.24. The van der Waals surface area contributed by atoms with Gasteiger partial charge in [-0.15, -0.1) is 0 Å². The second-order valence-corrected chi connectivity index (χ2v) is 8.88. The van der Waals surface area contributed by atoms with E-state index in [4.69, 9.17) is 0 Å². The largest absolute Gasteiger partial charge is 0.338 e. The Bertz CT molecular complexity index is 796. The molecule has 0 spiro atoms. The van der Waals surface area contributed by atoms with E-state index >= 15 is 0 Å². The van der Waals surface area contributed by atoms with Gasteiger partial charge in [0.2, 0.25) is 15.9 Å². The van der Waals surface area contributed by atoms with Gasteiger partial charge in [0.1, 0.15) is 5.54 Å². The highest BCUT2D eigenvalue weighted by Gasteiger charge is 2.33. The minimum Gasteiger partial charge on any atom is -0.338 e. The van der Waals surface area contributed by atoms with Crippen LogP contribution in [0.5, 0.6) is 0 Å². The number of rotatable bonds is 6. The Hall–Kier alpha value is -1.91. The van der Waals surface area contributed by atoms with Crippen LogP contribution in [-0.2, 0) is 14.8 Å². The van der Waals surface area contributed by atoms with Crippen molar-refractivity contribution in [1.29, 1.82) is 5.26 Å². The molecule has 0 bridgehead atoms. The fraction of sp³-hybridized carbons (Fsp3) is 0.579. The summed E-state index contributed by atoms with van der Waals surface area (Å²) in [6.45, 7) is 5.45. The zero-order valence-corrected chi connectivity index (χ0v) is 16.5.